The molecule has 0 atom stereocenters. The van der Waals surface area contributed by atoms with Gasteiger partial charge in [-0.25, -0.2) is 0 Å². The Labute approximate surface area is 110 Å². The number of benzene rings is 1. The van der Waals surface area contributed by atoms with Crippen LogP contribution in [0.1, 0.15) is 5.56 Å². The Morgan fingerprint density at radius 2 is 1.95 bits per heavy atom. The number of hydrogen-bond donors (Lipinski definition) is 2. The predicted molar refractivity (Wildman–Crippen MR) is 72.4 cm³/mol. The summed E-state index contributed by atoms with van der Waals surface area (Å²) in [6, 6.07) is 10.3. The zero-order valence-electron chi connectivity index (χ0n) is 10.5. The average molecular weight is 258 g/mol. The van der Waals surface area contributed by atoms with Crippen molar-refractivity contribution in [2.45, 2.75) is 6.92 Å². The average Bonchev–Trinajstić information content (AvgIpc) is 2.41. The molecule has 1 aromatic carbocycles. The summed E-state index contributed by atoms with van der Waals surface area (Å²) in [5, 5.41) is 2.62. The fourth-order valence-corrected chi connectivity index (χ4v) is 1.47. The van der Waals surface area contributed by atoms with Crippen molar-refractivity contribution >= 4 is 11.6 Å². The van der Waals surface area contributed by atoms with Crippen LogP contribution in [0.15, 0.2) is 47.4 Å². The summed E-state index contributed by atoms with van der Waals surface area (Å²) in [7, 11) is 0. The van der Waals surface area contributed by atoms with Gasteiger partial charge in [-0.05, 0) is 25.1 Å². The number of nitrogens with one attached hydrogen (secondary N) is 2. The highest BCUT2D eigenvalue weighted by atomic mass is 16.5. The normalized spacial score (nSPS) is 9.95. The van der Waals surface area contributed by atoms with Gasteiger partial charge >= 0.3 is 0 Å². The van der Waals surface area contributed by atoms with E-state index in [-0.39, 0.29) is 18.1 Å². The number of aryl methyl sites for hydroxylation is 1. The second-order valence-electron chi connectivity index (χ2n) is 4.09. The van der Waals surface area contributed by atoms with E-state index in [0.717, 1.165) is 5.56 Å². The minimum atomic E-state index is -0.285. The summed E-state index contributed by atoms with van der Waals surface area (Å²) in [6.07, 6.45) is 1.44. The maximum Gasteiger partial charge on any atom is 0.262 e. The predicted octanol–water partition coefficient (Wildman–Crippen LogP) is 1.70. The van der Waals surface area contributed by atoms with Gasteiger partial charge in [0.2, 0.25) is 5.56 Å². The van der Waals surface area contributed by atoms with Crippen LogP contribution in [0.4, 0.5) is 5.69 Å². The van der Waals surface area contributed by atoms with Crippen LogP contribution in [0.3, 0.4) is 0 Å². The number of aromatic nitrogens is 1. The van der Waals surface area contributed by atoms with Crippen LogP contribution >= 0.6 is 0 Å². The minimum absolute atomic E-state index is 0.0812. The van der Waals surface area contributed by atoms with E-state index < -0.39 is 0 Å². The molecule has 5 heteroatoms. The van der Waals surface area contributed by atoms with Crippen LogP contribution in [0, 0.1) is 6.92 Å². The first-order chi connectivity index (χ1) is 9.13. The number of amides is 1. The number of ether oxygens (including phenoxy) is 1. The summed E-state index contributed by atoms with van der Waals surface area (Å²) in [6.45, 7) is 1.90. The van der Waals surface area contributed by atoms with Crippen LogP contribution in [0.25, 0.3) is 0 Å². The number of carbonyl (C=O) groups excluding carboxylic acids is 1. The van der Waals surface area contributed by atoms with Crippen molar-refractivity contribution in [3.63, 3.8) is 0 Å². The topological polar surface area (TPSA) is 71.2 Å². The van der Waals surface area contributed by atoms with Gasteiger partial charge in [-0.1, -0.05) is 17.7 Å². The summed E-state index contributed by atoms with van der Waals surface area (Å²) in [5.41, 5.74) is 1.44. The van der Waals surface area contributed by atoms with Gasteiger partial charge in [-0.3, -0.25) is 9.59 Å². The van der Waals surface area contributed by atoms with Crippen LogP contribution in [-0.2, 0) is 4.79 Å². The molecule has 5 nitrogen and oxygen atoms in total. The third-order valence-corrected chi connectivity index (χ3v) is 2.46. The molecule has 2 aromatic rings. The Hall–Kier alpha value is -2.56. The SMILES string of the molecule is Cc1ccc(OCC(=O)Nc2ccc(=O)[nH]c2)cc1. The molecule has 98 valence electrons. The van der Waals surface area contributed by atoms with Crippen molar-refractivity contribution in [3.05, 3.63) is 58.5 Å². The van der Waals surface area contributed by atoms with E-state index in [2.05, 4.69) is 10.3 Å². The maximum absolute atomic E-state index is 11.6. The van der Waals surface area contributed by atoms with E-state index in [1.165, 1.54) is 18.3 Å². The number of H-pyrrole nitrogens is 1. The van der Waals surface area contributed by atoms with Gasteiger partial charge in [0.15, 0.2) is 6.61 Å². The van der Waals surface area contributed by atoms with Gasteiger partial charge in [0.05, 0.1) is 5.69 Å². The molecule has 0 unspecified atom stereocenters. The lowest BCUT2D eigenvalue weighted by Gasteiger charge is -2.07. The molecule has 0 aliphatic heterocycles. The number of aromatic amines is 1. The number of rotatable bonds is 4. The van der Waals surface area contributed by atoms with Gasteiger partial charge in [0, 0.05) is 12.3 Å². The second kappa shape index (κ2) is 5.86. The van der Waals surface area contributed by atoms with Crippen molar-refractivity contribution < 1.29 is 9.53 Å². The van der Waals surface area contributed by atoms with Crippen LogP contribution in [0.2, 0.25) is 0 Å². The van der Waals surface area contributed by atoms with Crippen LogP contribution in [-0.4, -0.2) is 17.5 Å². The Kier molecular flexibility index (Phi) is 3.97. The molecule has 2 N–H and O–H groups in total. The molecule has 1 amide bonds. The Morgan fingerprint density at radius 1 is 1.21 bits per heavy atom. The van der Waals surface area contributed by atoms with Gasteiger partial charge < -0.3 is 15.0 Å². The molecular formula is C14H14N2O3. The molecule has 1 heterocycles. The fraction of sp³-hybridized carbons (Fsp3) is 0.143. The van der Waals surface area contributed by atoms with Crippen LogP contribution < -0.4 is 15.6 Å². The molecule has 0 aliphatic rings. The first-order valence-electron chi connectivity index (χ1n) is 5.81. The Morgan fingerprint density at radius 3 is 2.58 bits per heavy atom. The van der Waals surface area contributed by atoms with E-state index in [4.69, 9.17) is 4.74 Å². The summed E-state index contributed by atoms with van der Waals surface area (Å²) >= 11 is 0. The lowest BCUT2D eigenvalue weighted by atomic mass is 10.2. The van der Waals surface area contributed by atoms with Crippen molar-refractivity contribution in [1.29, 1.82) is 0 Å². The quantitative estimate of drug-likeness (QED) is 0.876. The van der Waals surface area contributed by atoms with Crippen molar-refractivity contribution in [3.8, 4) is 5.75 Å². The van der Waals surface area contributed by atoms with Gasteiger partial charge in [-0.2, -0.15) is 0 Å². The third kappa shape index (κ3) is 3.99. The Bertz CT molecular complexity index is 597. The first kappa shape index (κ1) is 12.9. The number of hydrogen-bond acceptors (Lipinski definition) is 3. The number of carbonyl (C=O) groups is 1. The van der Waals surface area contributed by atoms with E-state index in [1.54, 1.807) is 0 Å². The molecule has 0 aliphatic carbocycles. The summed E-state index contributed by atoms with van der Waals surface area (Å²) < 4.78 is 5.33. The molecule has 1 aromatic heterocycles. The Balaban J connectivity index is 1.86. The lowest BCUT2D eigenvalue weighted by Crippen LogP contribution is -2.20. The van der Waals surface area contributed by atoms with Gasteiger partial charge in [-0.15, -0.1) is 0 Å². The first-order valence-corrected chi connectivity index (χ1v) is 5.81. The monoisotopic (exact) mass is 258 g/mol. The molecule has 0 bridgehead atoms. The highest BCUT2D eigenvalue weighted by Crippen LogP contribution is 2.11. The second-order valence-corrected chi connectivity index (χ2v) is 4.09. The largest absolute Gasteiger partial charge is 0.484 e. The fourth-order valence-electron chi connectivity index (χ4n) is 1.47. The van der Waals surface area contributed by atoms with Crippen molar-refractivity contribution in [2.75, 3.05) is 11.9 Å². The molecular weight excluding hydrogens is 244 g/mol. The number of pyridine rings is 1. The molecule has 0 saturated heterocycles. The third-order valence-electron chi connectivity index (χ3n) is 2.46. The van der Waals surface area contributed by atoms with E-state index in [9.17, 15) is 9.59 Å². The van der Waals surface area contributed by atoms with Crippen molar-refractivity contribution in [2.24, 2.45) is 0 Å². The summed E-state index contributed by atoms with van der Waals surface area (Å²) in [5.74, 6) is 0.356. The molecule has 0 saturated carbocycles. The molecule has 0 radical (unpaired) electrons. The highest BCUT2D eigenvalue weighted by Gasteiger charge is 2.03. The van der Waals surface area contributed by atoms with E-state index in [0.29, 0.717) is 11.4 Å². The van der Waals surface area contributed by atoms with E-state index >= 15 is 0 Å². The molecule has 19 heavy (non-hydrogen) atoms. The van der Waals surface area contributed by atoms with Crippen molar-refractivity contribution in [1.82, 2.24) is 4.98 Å². The maximum atomic E-state index is 11.6. The number of anilines is 1. The van der Waals surface area contributed by atoms with Crippen LogP contribution in [0.5, 0.6) is 5.75 Å². The smallest absolute Gasteiger partial charge is 0.262 e. The molecule has 0 spiro atoms. The zero-order chi connectivity index (χ0) is 13.7. The standard InChI is InChI=1S/C14H14N2O3/c1-10-2-5-12(6-3-10)19-9-14(18)16-11-4-7-13(17)15-8-11/h2-8H,9H2,1H3,(H,15,17)(H,16,18). The highest BCUT2D eigenvalue weighted by molar-refractivity contribution is 5.91. The summed E-state index contributed by atoms with van der Waals surface area (Å²) in [4.78, 5) is 24.9. The molecule has 2 rings (SSSR count). The zero-order valence-corrected chi connectivity index (χ0v) is 10.5. The van der Waals surface area contributed by atoms with E-state index in [1.807, 2.05) is 31.2 Å². The lowest BCUT2D eigenvalue weighted by molar-refractivity contribution is -0.118. The van der Waals surface area contributed by atoms with Gasteiger partial charge in [0.1, 0.15) is 5.75 Å². The minimum Gasteiger partial charge on any atom is -0.484 e. The van der Waals surface area contributed by atoms with Gasteiger partial charge in [0.25, 0.3) is 5.91 Å². The molecule has 0 fully saturated rings.